The molecule has 6 N–H and O–H groups in total. The van der Waals surface area contributed by atoms with E-state index in [0.29, 0.717) is 40.4 Å². The number of imidazole rings is 2. The third-order valence-corrected chi connectivity index (χ3v) is 14.2. The van der Waals surface area contributed by atoms with E-state index in [9.17, 15) is 5.11 Å². The highest BCUT2D eigenvalue weighted by Crippen LogP contribution is 2.51. The molecule has 8 atom stereocenters. The molecule has 0 aliphatic carbocycles. The summed E-state index contributed by atoms with van der Waals surface area (Å²) in [5.74, 6) is 1.77. The van der Waals surface area contributed by atoms with Gasteiger partial charge in [-0.2, -0.15) is 0 Å². The van der Waals surface area contributed by atoms with Crippen molar-refractivity contribution in [2.24, 2.45) is 0 Å². The summed E-state index contributed by atoms with van der Waals surface area (Å²) in [6.07, 6.45) is 2.40. The molecule has 7 heterocycles. The summed E-state index contributed by atoms with van der Waals surface area (Å²) < 4.78 is 69.2. The summed E-state index contributed by atoms with van der Waals surface area (Å²) in [5, 5.41) is 14.4. The van der Waals surface area contributed by atoms with Gasteiger partial charge >= 0.3 is 7.75 Å². The van der Waals surface area contributed by atoms with Crippen LogP contribution in [0.25, 0.3) is 22.3 Å². The van der Waals surface area contributed by atoms with Gasteiger partial charge in [-0.3, -0.25) is 18.2 Å². The van der Waals surface area contributed by atoms with Crippen LogP contribution in [0.4, 0.5) is 11.6 Å². The molecule has 22 heteroatoms. The minimum absolute atomic E-state index is 0.0807. The molecule has 0 saturated carbocycles. The van der Waals surface area contributed by atoms with Crippen molar-refractivity contribution in [2.75, 3.05) is 52.1 Å². The molecular weight excluding hydrogens is 898 g/mol. The average Bonchev–Trinajstić information content (AvgIpc) is 4.23. The normalized spacial score (nSPS) is 23.9. The van der Waals surface area contributed by atoms with Gasteiger partial charge in [-0.15, -0.1) is 0 Å². The molecule has 3 fully saturated rings. The minimum atomic E-state index is -4.29. The van der Waals surface area contributed by atoms with Gasteiger partial charge < -0.3 is 45.0 Å². The molecule has 7 aromatic rings. The van der Waals surface area contributed by atoms with Crippen LogP contribution >= 0.6 is 7.75 Å². The van der Waals surface area contributed by atoms with Gasteiger partial charge in [0.2, 0.25) is 0 Å². The number of anilines is 2. The van der Waals surface area contributed by atoms with Gasteiger partial charge in [0.05, 0.1) is 52.3 Å². The number of aromatic nitrogens is 8. The zero-order valence-electron chi connectivity index (χ0n) is 37.3. The third-order valence-electron chi connectivity index (χ3n) is 12.6. The van der Waals surface area contributed by atoms with Gasteiger partial charge in [0.1, 0.15) is 71.6 Å². The SMILES string of the molecule is COc1ccc(C(OC[C@H]2O[C@@H](n3cnc4c(N)ncnc43)C[C@@H]2OP(=O)(NCC2CCCO2)OC[C@H]2O[C@@H](n3cnc4c(N)ncnc43)C[C@@H]2O)(c2ccccc2)c2ccc(OC)cc2)cc1. The molecule has 0 spiro atoms. The summed E-state index contributed by atoms with van der Waals surface area (Å²) >= 11 is 0. The van der Waals surface area contributed by atoms with Crippen LogP contribution in [0, 0.1) is 0 Å². The molecule has 2 unspecified atom stereocenters. The lowest BCUT2D eigenvalue weighted by molar-refractivity contribution is -0.0924. The van der Waals surface area contributed by atoms with Crippen molar-refractivity contribution in [3.05, 3.63) is 121 Å². The Morgan fingerprint density at radius 2 is 1.32 bits per heavy atom. The molecule has 3 aromatic carbocycles. The van der Waals surface area contributed by atoms with Crippen molar-refractivity contribution in [3.63, 3.8) is 0 Å². The first-order valence-electron chi connectivity index (χ1n) is 22.3. The molecule has 3 aliphatic rings. The van der Waals surface area contributed by atoms with Crippen LogP contribution < -0.4 is 26.0 Å². The lowest BCUT2D eigenvalue weighted by atomic mass is 9.80. The van der Waals surface area contributed by atoms with E-state index in [4.69, 9.17) is 48.9 Å². The fourth-order valence-corrected chi connectivity index (χ4v) is 10.7. The van der Waals surface area contributed by atoms with Gasteiger partial charge in [-0.1, -0.05) is 54.6 Å². The smallest absolute Gasteiger partial charge is 0.406 e. The Balaban J connectivity index is 0.980. The number of rotatable bonds is 18. The monoisotopic (exact) mass is 949 g/mol. The zero-order chi connectivity index (χ0) is 46.8. The van der Waals surface area contributed by atoms with E-state index in [1.165, 1.54) is 19.0 Å². The second-order valence-corrected chi connectivity index (χ2v) is 18.5. The molecule has 3 saturated heterocycles. The molecule has 10 rings (SSSR count). The standard InChI is InChI=1S/C46H52N11O10P/c1-60-31-14-10-29(11-15-31)46(28-7-4-3-5-8-28,30-12-16-32(61-2)17-13-30)63-22-37-35(20-39(66-37)57-27-54-41-43(48)50-25-52-45(41)57)67-68(59,55-21-33-9-6-18-62-33)64-23-36-34(58)19-38(65-36)56-26-53-40-42(47)49-24-51-44(40)56/h3-5,7-8,10-17,24-27,33-39,58H,6,9,18-23H2,1-2H3,(H,55,59)(H2,47,49,51)(H2,48,50,52)/t33?,34-,35-,36+,37+,38+,39+,68?/m0/s1. The van der Waals surface area contributed by atoms with E-state index >= 15 is 4.57 Å². The number of fused-ring (bicyclic) bond motifs is 2. The topological polar surface area (TPSA) is 262 Å². The molecule has 356 valence electrons. The number of nitrogen functional groups attached to an aromatic ring is 2. The van der Waals surface area contributed by atoms with Crippen LogP contribution in [0.1, 0.15) is 54.8 Å². The predicted octanol–water partition coefficient (Wildman–Crippen LogP) is 5.07. The second kappa shape index (κ2) is 19.5. The lowest BCUT2D eigenvalue weighted by Gasteiger charge is -2.37. The molecule has 68 heavy (non-hydrogen) atoms. The summed E-state index contributed by atoms with van der Waals surface area (Å²) in [4.78, 5) is 25.8. The highest BCUT2D eigenvalue weighted by molar-refractivity contribution is 7.51. The lowest BCUT2D eigenvalue weighted by Crippen LogP contribution is -2.39. The maximum Gasteiger partial charge on any atom is 0.406 e. The van der Waals surface area contributed by atoms with Crippen molar-refractivity contribution in [1.82, 2.24) is 44.1 Å². The van der Waals surface area contributed by atoms with Crippen molar-refractivity contribution in [2.45, 2.75) is 74.3 Å². The molecule has 0 radical (unpaired) electrons. The van der Waals surface area contributed by atoms with Gasteiger partial charge in [0.25, 0.3) is 0 Å². The maximum absolute atomic E-state index is 15.3. The number of hydrogen-bond donors (Lipinski definition) is 4. The van der Waals surface area contributed by atoms with Crippen molar-refractivity contribution in [3.8, 4) is 11.5 Å². The quantitative estimate of drug-likeness (QED) is 0.0646. The number of benzene rings is 3. The number of nitrogens with two attached hydrogens (primary N) is 2. The van der Waals surface area contributed by atoms with Crippen LogP contribution in [0.2, 0.25) is 0 Å². The van der Waals surface area contributed by atoms with Crippen LogP contribution in [0.5, 0.6) is 11.5 Å². The van der Waals surface area contributed by atoms with E-state index in [0.717, 1.165) is 29.5 Å². The first-order valence-corrected chi connectivity index (χ1v) is 23.8. The zero-order valence-corrected chi connectivity index (χ0v) is 38.2. The number of hydrogen-bond acceptors (Lipinski definition) is 18. The third kappa shape index (κ3) is 9.00. The van der Waals surface area contributed by atoms with Crippen LogP contribution in [0.3, 0.4) is 0 Å². The molecule has 21 nitrogen and oxygen atoms in total. The molecular formula is C46H52N11O10P. The van der Waals surface area contributed by atoms with Crippen molar-refractivity contribution < 1.29 is 47.1 Å². The van der Waals surface area contributed by atoms with Gasteiger partial charge in [-0.25, -0.2) is 39.6 Å². The highest BCUT2D eigenvalue weighted by atomic mass is 31.2. The molecule has 0 amide bonds. The highest BCUT2D eigenvalue weighted by Gasteiger charge is 2.47. The Morgan fingerprint density at radius 1 is 0.750 bits per heavy atom. The first kappa shape index (κ1) is 45.6. The summed E-state index contributed by atoms with van der Waals surface area (Å²) in [6, 6.07) is 25.2. The fraction of sp³-hybridized carbons (Fsp3) is 0.391. The molecule has 3 aliphatic heterocycles. The van der Waals surface area contributed by atoms with Gasteiger partial charge in [0, 0.05) is 26.0 Å². The average molecular weight is 950 g/mol. The van der Waals surface area contributed by atoms with Crippen LogP contribution in [-0.4, -0.2) is 115 Å². The van der Waals surface area contributed by atoms with E-state index < -0.39 is 50.2 Å². The van der Waals surface area contributed by atoms with Crippen molar-refractivity contribution >= 4 is 41.7 Å². The van der Waals surface area contributed by atoms with Crippen molar-refractivity contribution in [1.29, 1.82) is 0 Å². The minimum Gasteiger partial charge on any atom is -0.497 e. The Hall–Kier alpha value is -6.13. The second-order valence-electron chi connectivity index (χ2n) is 16.7. The number of ether oxygens (including phenoxy) is 6. The van der Waals surface area contributed by atoms with Gasteiger partial charge in [-0.05, 0) is 53.8 Å². The first-order chi connectivity index (χ1) is 33.1. The Kier molecular flexibility index (Phi) is 13.1. The van der Waals surface area contributed by atoms with Crippen LogP contribution in [0.15, 0.2) is 104 Å². The predicted molar refractivity (Wildman–Crippen MR) is 246 cm³/mol. The van der Waals surface area contributed by atoms with E-state index in [1.54, 1.807) is 29.7 Å². The fourth-order valence-electron chi connectivity index (χ4n) is 9.09. The number of nitrogens with one attached hydrogen (secondary N) is 1. The number of methoxy groups -OCH3 is 2. The Labute approximate surface area is 390 Å². The summed E-state index contributed by atoms with van der Waals surface area (Å²) in [6.45, 7) is 0.368. The van der Waals surface area contributed by atoms with E-state index in [2.05, 4.69) is 35.0 Å². The van der Waals surface area contributed by atoms with Gasteiger partial charge in [0.15, 0.2) is 22.9 Å². The molecule has 0 bridgehead atoms. The Bertz CT molecular complexity index is 2820. The molecule has 4 aromatic heterocycles. The summed E-state index contributed by atoms with van der Waals surface area (Å²) in [5.41, 5.74) is 15.1. The van der Waals surface area contributed by atoms with E-state index in [-0.39, 0.29) is 50.3 Å². The van der Waals surface area contributed by atoms with E-state index in [1.807, 2.05) is 78.9 Å². The number of aliphatic hydroxyl groups excluding tert-OH is 1. The maximum atomic E-state index is 15.3. The largest absolute Gasteiger partial charge is 0.497 e. The Morgan fingerprint density at radius 3 is 1.90 bits per heavy atom. The number of nitrogens with zero attached hydrogens (tertiary/aromatic N) is 8. The number of aliphatic hydroxyl groups is 1. The van der Waals surface area contributed by atoms with Crippen LogP contribution in [-0.2, 0) is 38.2 Å². The summed E-state index contributed by atoms with van der Waals surface area (Å²) in [7, 11) is -1.06.